The summed E-state index contributed by atoms with van der Waals surface area (Å²) in [5.74, 6) is 0. The first-order valence-corrected chi connectivity index (χ1v) is 6.47. The van der Waals surface area contributed by atoms with Crippen LogP contribution >= 0.6 is 23.2 Å². The Morgan fingerprint density at radius 2 is 2.00 bits per heavy atom. The Hall–Kier alpha value is -0.290. The number of hydrogen-bond acceptors (Lipinski definition) is 2. The van der Waals surface area contributed by atoms with E-state index in [2.05, 4.69) is 0 Å². The normalized spacial score (nSPS) is 13.9. The summed E-state index contributed by atoms with van der Waals surface area (Å²) < 4.78 is 30.4. The van der Waals surface area contributed by atoms with Crippen molar-refractivity contribution in [3.05, 3.63) is 33.8 Å². The molecule has 0 aliphatic rings. The first kappa shape index (κ1) is 12.8. The van der Waals surface area contributed by atoms with Crippen molar-refractivity contribution in [2.75, 3.05) is 0 Å². The van der Waals surface area contributed by atoms with E-state index in [1.54, 1.807) is 12.1 Å². The molecule has 84 valence electrons. The third kappa shape index (κ3) is 3.65. The molecule has 0 radical (unpaired) electrons. The van der Waals surface area contributed by atoms with Crippen LogP contribution in [0.2, 0.25) is 10.0 Å². The summed E-state index contributed by atoms with van der Waals surface area (Å²) in [7, 11) is -4.02. The summed E-state index contributed by atoms with van der Waals surface area (Å²) in [6.07, 6.45) is 0.162. The SMILES string of the molecule is CC(Cc1ccc(Cl)cc1Cl)S(=O)(=O)O. The number of halogens is 2. The second kappa shape index (κ2) is 4.70. The third-order valence-corrected chi connectivity index (χ3v) is 3.80. The second-order valence-electron chi connectivity index (χ2n) is 3.27. The van der Waals surface area contributed by atoms with Crippen LogP contribution in [0.15, 0.2) is 18.2 Å². The lowest BCUT2D eigenvalue weighted by molar-refractivity contribution is 0.469. The quantitative estimate of drug-likeness (QED) is 0.858. The average molecular weight is 269 g/mol. The van der Waals surface area contributed by atoms with Gasteiger partial charge in [0, 0.05) is 10.0 Å². The molecule has 0 aliphatic heterocycles. The van der Waals surface area contributed by atoms with Crippen molar-refractivity contribution in [3.8, 4) is 0 Å². The molecule has 1 aromatic rings. The molecule has 3 nitrogen and oxygen atoms in total. The van der Waals surface area contributed by atoms with E-state index in [0.717, 1.165) is 0 Å². The highest BCUT2D eigenvalue weighted by Crippen LogP contribution is 2.23. The maximum Gasteiger partial charge on any atom is 0.267 e. The van der Waals surface area contributed by atoms with E-state index < -0.39 is 15.4 Å². The topological polar surface area (TPSA) is 54.4 Å². The van der Waals surface area contributed by atoms with Gasteiger partial charge in [-0.05, 0) is 31.0 Å². The Bertz CT molecular complexity index is 456. The van der Waals surface area contributed by atoms with Gasteiger partial charge < -0.3 is 0 Å². The first-order valence-electron chi connectivity index (χ1n) is 4.21. The Morgan fingerprint density at radius 3 is 2.47 bits per heavy atom. The molecular formula is C9H10Cl2O3S. The van der Waals surface area contributed by atoms with Crippen molar-refractivity contribution in [2.45, 2.75) is 18.6 Å². The van der Waals surface area contributed by atoms with Crippen LogP contribution < -0.4 is 0 Å². The van der Waals surface area contributed by atoms with Gasteiger partial charge in [0.15, 0.2) is 0 Å². The lowest BCUT2D eigenvalue weighted by Crippen LogP contribution is -2.19. The molecule has 0 bridgehead atoms. The monoisotopic (exact) mass is 268 g/mol. The van der Waals surface area contributed by atoms with Crippen LogP contribution in [0.25, 0.3) is 0 Å². The maximum atomic E-state index is 10.8. The molecule has 0 aromatic heterocycles. The van der Waals surface area contributed by atoms with Crippen molar-refractivity contribution >= 4 is 33.3 Å². The zero-order valence-electron chi connectivity index (χ0n) is 7.94. The van der Waals surface area contributed by atoms with Crippen molar-refractivity contribution < 1.29 is 13.0 Å². The minimum atomic E-state index is -4.02. The summed E-state index contributed by atoms with van der Waals surface area (Å²) in [4.78, 5) is 0. The van der Waals surface area contributed by atoms with Crippen molar-refractivity contribution in [1.29, 1.82) is 0 Å². The molecule has 0 aliphatic carbocycles. The average Bonchev–Trinajstić information content (AvgIpc) is 2.08. The van der Waals surface area contributed by atoms with E-state index in [0.29, 0.717) is 15.6 Å². The lowest BCUT2D eigenvalue weighted by atomic mass is 10.1. The van der Waals surface area contributed by atoms with E-state index in [1.165, 1.54) is 13.0 Å². The van der Waals surface area contributed by atoms with Gasteiger partial charge in [0.05, 0.1) is 5.25 Å². The second-order valence-corrected chi connectivity index (χ2v) is 5.94. The van der Waals surface area contributed by atoms with Gasteiger partial charge in [-0.25, -0.2) is 0 Å². The molecule has 1 N–H and O–H groups in total. The molecule has 0 saturated carbocycles. The van der Waals surface area contributed by atoms with Gasteiger partial charge in [-0.15, -0.1) is 0 Å². The molecule has 0 saturated heterocycles. The van der Waals surface area contributed by atoms with Crippen LogP contribution in [-0.4, -0.2) is 18.2 Å². The van der Waals surface area contributed by atoms with Crippen LogP contribution in [0.3, 0.4) is 0 Å². The zero-order chi connectivity index (χ0) is 11.6. The lowest BCUT2D eigenvalue weighted by Gasteiger charge is -2.09. The van der Waals surface area contributed by atoms with Crippen LogP contribution in [0.4, 0.5) is 0 Å². The number of hydrogen-bond donors (Lipinski definition) is 1. The van der Waals surface area contributed by atoms with Crippen molar-refractivity contribution in [2.24, 2.45) is 0 Å². The summed E-state index contributed by atoms with van der Waals surface area (Å²) in [5, 5.41) is 0.0115. The summed E-state index contributed by atoms with van der Waals surface area (Å²) >= 11 is 11.6. The van der Waals surface area contributed by atoms with Gasteiger partial charge in [-0.3, -0.25) is 4.55 Å². The predicted molar refractivity (Wildman–Crippen MR) is 61.2 cm³/mol. The van der Waals surface area contributed by atoms with Gasteiger partial charge in [-0.1, -0.05) is 29.3 Å². The standard InChI is InChI=1S/C9H10Cl2O3S/c1-6(15(12,13)14)4-7-2-3-8(10)5-9(7)11/h2-3,5-6H,4H2,1H3,(H,12,13,14). The largest absolute Gasteiger partial charge is 0.285 e. The maximum absolute atomic E-state index is 10.8. The van der Waals surface area contributed by atoms with Crippen LogP contribution in [0, 0.1) is 0 Å². The van der Waals surface area contributed by atoms with Gasteiger partial charge in [0.25, 0.3) is 10.1 Å². The van der Waals surface area contributed by atoms with Gasteiger partial charge in [0.2, 0.25) is 0 Å². The molecule has 0 heterocycles. The molecule has 15 heavy (non-hydrogen) atoms. The molecule has 0 fully saturated rings. The minimum Gasteiger partial charge on any atom is -0.285 e. The van der Waals surface area contributed by atoms with E-state index in [9.17, 15) is 8.42 Å². The molecular weight excluding hydrogens is 259 g/mol. The fraction of sp³-hybridized carbons (Fsp3) is 0.333. The van der Waals surface area contributed by atoms with E-state index >= 15 is 0 Å². The molecule has 1 unspecified atom stereocenters. The van der Waals surface area contributed by atoms with E-state index in [4.69, 9.17) is 27.8 Å². The van der Waals surface area contributed by atoms with Crippen molar-refractivity contribution in [1.82, 2.24) is 0 Å². The predicted octanol–water partition coefficient (Wildman–Crippen LogP) is 2.81. The Labute approximate surface area is 98.8 Å². The number of rotatable bonds is 3. The van der Waals surface area contributed by atoms with Crippen LogP contribution in [-0.2, 0) is 16.5 Å². The Kier molecular flexibility index (Phi) is 4.00. The van der Waals surface area contributed by atoms with E-state index in [1.807, 2.05) is 0 Å². The highest BCUT2D eigenvalue weighted by Gasteiger charge is 2.18. The molecule has 1 aromatic carbocycles. The van der Waals surface area contributed by atoms with Crippen LogP contribution in [0.5, 0.6) is 0 Å². The van der Waals surface area contributed by atoms with Gasteiger partial charge in [-0.2, -0.15) is 8.42 Å². The minimum absolute atomic E-state index is 0.162. The highest BCUT2D eigenvalue weighted by atomic mass is 35.5. The van der Waals surface area contributed by atoms with E-state index in [-0.39, 0.29) is 6.42 Å². The fourth-order valence-electron chi connectivity index (χ4n) is 1.10. The fourth-order valence-corrected chi connectivity index (χ4v) is 1.98. The summed E-state index contributed by atoms with van der Waals surface area (Å²) in [5.41, 5.74) is 0.645. The zero-order valence-corrected chi connectivity index (χ0v) is 10.3. The Balaban J connectivity index is 2.91. The molecule has 1 atom stereocenters. The van der Waals surface area contributed by atoms with Gasteiger partial charge >= 0.3 is 0 Å². The van der Waals surface area contributed by atoms with Crippen LogP contribution in [0.1, 0.15) is 12.5 Å². The first-order chi connectivity index (χ1) is 6.80. The molecule has 0 spiro atoms. The number of benzene rings is 1. The summed E-state index contributed by atoms with van der Waals surface area (Å²) in [6, 6.07) is 4.81. The Morgan fingerprint density at radius 1 is 1.40 bits per heavy atom. The molecule has 6 heteroatoms. The smallest absolute Gasteiger partial charge is 0.267 e. The third-order valence-electron chi connectivity index (χ3n) is 2.03. The molecule has 1 rings (SSSR count). The summed E-state index contributed by atoms with van der Waals surface area (Å²) in [6.45, 7) is 1.42. The van der Waals surface area contributed by atoms with Gasteiger partial charge in [0.1, 0.15) is 0 Å². The highest BCUT2D eigenvalue weighted by molar-refractivity contribution is 7.86. The molecule has 0 amide bonds. The van der Waals surface area contributed by atoms with Crippen molar-refractivity contribution in [3.63, 3.8) is 0 Å².